The number of anilines is 1. The quantitative estimate of drug-likeness (QED) is 0.765. The van der Waals surface area contributed by atoms with Crippen molar-refractivity contribution in [1.29, 1.82) is 0 Å². The second kappa shape index (κ2) is 9.05. The van der Waals surface area contributed by atoms with Crippen LogP contribution in [0.2, 0.25) is 0 Å². The average molecular weight is 404 g/mol. The van der Waals surface area contributed by atoms with E-state index in [1.165, 1.54) is 6.26 Å². The molecule has 1 aliphatic rings. The number of ether oxygens (including phenoxy) is 1. The zero-order chi connectivity index (χ0) is 20.1. The normalized spacial score (nSPS) is 15.6. The van der Waals surface area contributed by atoms with Crippen LogP contribution in [0.4, 0.5) is 5.00 Å². The first-order valence-corrected chi connectivity index (χ1v) is 10.2. The molecule has 1 unspecified atom stereocenters. The highest BCUT2D eigenvalue weighted by Crippen LogP contribution is 2.28. The average Bonchev–Trinajstić information content (AvgIpc) is 3.24. The van der Waals surface area contributed by atoms with E-state index in [9.17, 15) is 14.4 Å². The molecule has 1 aliphatic heterocycles. The van der Waals surface area contributed by atoms with Crippen LogP contribution < -0.4 is 5.32 Å². The highest BCUT2D eigenvalue weighted by atomic mass is 32.1. The lowest BCUT2D eigenvalue weighted by molar-refractivity contribution is -0.139. The molecule has 1 saturated heterocycles. The van der Waals surface area contributed by atoms with E-state index in [0.717, 1.165) is 37.0 Å². The number of carbonyl (C=O) groups excluding carboxylic acids is 3. The molecule has 3 heterocycles. The summed E-state index contributed by atoms with van der Waals surface area (Å²) < 4.78 is 10.5. The third-order valence-corrected chi connectivity index (χ3v) is 5.77. The van der Waals surface area contributed by atoms with Gasteiger partial charge in [-0.3, -0.25) is 9.59 Å². The van der Waals surface area contributed by atoms with Gasteiger partial charge in [0.25, 0.3) is 11.8 Å². The Morgan fingerprint density at radius 1 is 1.21 bits per heavy atom. The Bertz CT molecular complexity index is 835. The van der Waals surface area contributed by atoms with Crippen molar-refractivity contribution in [2.24, 2.45) is 0 Å². The molecule has 28 heavy (non-hydrogen) atoms. The van der Waals surface area contributed by atoms with Crippen LogP contribution in [0.25, 0.3) is 0 Å². The number of rotatable bonds is 5. The van der Waals surface area contributed by atoms with Gasteiger partial charge in [0.15, 0.2) is 11.9 Å². The second-order valence-corrected chi connectivity index (χ2v) is 7.89. The third-order valence-electron chi connectivity index (χ3n) is 4.63. The van der Waals surface area contributed by atoms with E-state index in [-0.39, 0.29) is 11.7 Å². The highest BCUT2D eigenvalue weighted by molar-refractivity contribution is 7.18. The molecular weight excluding hydrogens is 380 g/mol. The number of hydrogen-bond acceptors (Lipinski definition) is 6. The first-order chi connectivity index (χ1) is 13.5. The Hall–Kier alpha value is -2.61. The molecule has 7 nitrogen and oxygen atoms in total. The first-order valence-electron chi connectivity index (χ1n) is 9.41. The van der Waals surface area contributed by atoms with E-state index in [1.54, 1.807) is 36.9 Å². The molecular formula is C20H24N2O5S. The number of esters is 1. The summed E-state index contributed by atoms with van der Waals surface area (Å²) in [5.41, 5.74) is 0.680. The van der Waals surface area contributed by atoms with Crippen molar-refractivity contribution in [3.05, 3.63) is 40.7 Å². The molecule has 8 heteroatoms. The van der Waals surface area contributed by atoms with Gasteiger partial charge in [-0.25, -0.2) is 4.79 Å². The predicted octanol–water partition coefficient (Wildman–Crippen LogP) is 3.85. The van der Waals surface area contributed by atoms with Gasteiger partial charge >= 0.3 is 5.97 Å². The summed E-state index contributed by atoms with van der Waals surface area (Å²) >= 11 is 1.11. The van der Waals surface area contributed by atoms with E-state index < -0.39 is 18.0 Å². The maximum Gasteiger partial charge on any atom is 0.349 e. The summed E-state index contributed by atoms with van der Waals surface area (Å²) in [6, 6.07) is 4.88. The summed E-state index contributed by atoms with van der Waals surface area (Å²) in [7, 11) is 0. The largest absolute Gasteiger partial charge is 0.459 e. The van der Waals surface area contributed by atoms with Gasteiger partial charge in [0.05, 0.1) is 11.3 Å². The molecule has 2 aromatic heterocycles. The van der Waals surface area contributed by atoms with Crippen LogP contribution >= 0.6 is 11.3 Å². The molecule has 1 atom stereocenters. The fraction of sp³-hybridized carbons (Fsp3) is 0.450. The van der Waals surface area contributed by atoms with Crippen LogP contribution in [-0.4, -0.2) is 41.9 Å². The number of thiophene rings is 1. The molecule has 1 N–H and O–H groups in total. The first kappa shape index (κ1) is 20.1. The van der Waals surface area contributed by atoms with Crippen LogP contribution in [0, 0.1) is 6.92 Å². The molecule has 0 aromatic carbocycles. The fourth-order valence-electron chi connectivity index (χ4n) is 3.14. The number of aryl methyl sites for hydroxylation is 1. The Morgan fingerprint density at radius 3 is 2.57 bits per heavy atom. The van der Waals surface area contributed by atoms with Crippen molar-refractivity contribution in [3.8, 4) is 0 Å². The smallest absolute Gasteiger partial charge is 0.349 e. The summed E-state index contributed by atoms with van der Waals surface area (Å²) in [6.45, 7) is 4.79. The van der Waals surface area contributed by atoms with Crippen molar-refractivity contribution in [3.63, 3.8) is 0 Å². The van der Waals surface area contributed by atoms with Gasteiger partial charge in [-0.05, 0) is 50.5 Å². The summed E-state index contributed by atoms with van der Waals surface area (Å²) in [5.74, 6) is -0.921. The molecule has 0 bridgehead atoms. The van der Waals surface area contributed by atoms with Crippen LogP contribution in [0.15, 0.2) is 28.9 Å². The number of nitrogens with zero attached hydrogens (tertiary/aromatic N) is 1. The van der Waals surface area contributed by atoms with Gasteiger partial charge in [-0.1, -0.05) is 12.8 Å². The maximum absolute atomic E-state index is 12.6. The van der Waals surface area contributed by atoms with Crippen LogP contribution in [0.3, 0.4) is 0 Å². The van der Waals surface area contributed by atoms with E-state index in [1.807, 2.05) is 0 Å². The van der Waals surface area contributed by atoms with Crippen LogP contribution in [-0.2, 0) is 9.53 Å². The number of hydrogen-bond donors (Lipinski definition) is 1. The van der Waals surface area contributed by atoms with Gasteiger partial charge in [0.2, 0.25) is 0 Å². The summed E-state index contributed by atoms with van der Waals surface area (Å²) in [6.07, 6.45) is 4.79. The minimum atomic E-state index is -0.840. The Labute approximate surface area is 167 Å². The molecule has 0 spiro atoms. The van der Waals surface area contributed by atoms with Gasteiger partial charge in [0, 0.05) is 13.1 Å². The molecule has 0 aliphatic carbocycles. The molecule has 2 aromatic rings. The van der Waals surface area contributed by atoms with Gasteiger partial charge in [0.1, 0.15) is 4.88 Å². The third kappa shape index (κ3) is 4.81. The molecule has 0 radical (unpaired) electrons. The van der Waals surface area contributed by atoms with Crippen LogP contribution in [0.5, 0.6) is 0 Å². The van der Waals surface area contributed by atoms with Crippen LogP contribution in [0.1, 0.15) is 58.4 Å². The van der Waals surface area contributed by atoms with Crippen molar-refractivity contribution in [2.75, 3.05) is 18.4 Å². The molecule has 0 saturated carbocycles. The highest BCUT2D eigenvalue weighted by Gasteiger charge is 2.26. The van der Waals surface area contributed by atoms with Gasteiger partial charge in [-0.15, -0.1) is 11.3 Å². The van der Waals surface area contributed by atoms with E-state index in [4.69, 9.17) is 9.15 Å². The minimum absolute atomic E-state index is 0.157. The Morgan fingerprint density at radius 2 is 1.93 bits per heavy atom. The molecule has 150 valence electrons. The topological polar surface area (TPSA) is 88.9 Å². The fourth-order valence-corrected chi connectivity index (χ4v) is 4.09. The molecule has 2 amide bonds. The van der Waals surface area contributed by atoms with Crippen molar-refractivity contribution in [1.82, 2.24) is 4.90 Å². The van der Waals surface area contributed by atoms with E-state index >= 15 is 0 Å². The standard InChI is InChI=1S/C20H24N2O5S/c1-13-12-16(21-18(23)15-8-7-11-26-15)28-17(13)20(25)27-14(2)19(24)22-9-5-3-4-6-10-22/h7-8,11-12,14H,3-6,9-10H2,1-2H3,(H,21,23). The second-order valence-electron chi connectivity index (χ2n) is 6.84. The van der Waals surface area contributed by atoms with E-state index in [0.29, 0.717) is 28.5 Å². The van der Waals surface area contributed by atoms with Crippen molar-refractivity contribution >= 4 is 34.1 Å². The maximum atomic E-state index is 12.6. The summed E-state index contributed by atoms with van der Waals surface area (Å²) in [5, 5.41) is 3.21. The Balaban J connectivity index is 1.61. The van der Waals surface area contributed by atoms with Crippen molar-refractivity contribution in [2.45, 2.75) is 45.6 Å². The van der Waals surface area contributed by atoms with Crippen molar-refractivity contribution < 1.29 is 23.5 Å². The summed E-state index contributed by atoms with van der Waals surface area (Å²) in [4.78, 5) is 39.3. The number of carbonyl (C=O) groups is 3. The molecule has 1 fully saturated rings. The number of amides is 2. The zero-order valence-corrected chi connectivity index (χ0v) is 16.8. The Kier molecular flexibility index (Phi) is 6.51. The predicted molar refractivity (Wildman–Crippen MR) is 106 cm³/mol. The lowest BCUT2D eigenvalue weighted by Gasteiger charge is -2.23. The number of nitrogens with one attached hydrogen (secondary N) is 1. The monoisotopic (exact) mass is 404 g/mol. The van der Waals surface area contributed by atoms with E-state index in [2.05, 4.69) is 5.32 Å². The minimum Gasteiger partial charge on any atom is -0.459 e. The SMILES string of the molecule is Cc1cc(NC(=O)c2ccco2)sc1C(=O)OC(C)C(=O)N1CCCCCC1. The number of likely N-dealkylation sites (tertiary alicyclic amines) is 1. The zero-order valence-electron chi connectivity index (χ0n) is 16.0. The molecule has 3 rings (SSSR count). The van der Waals surface area contributed by atoms with Gasteiger partial charge < -0.3 is 19.4 Å². The lowest BCUT2D eigenvalue weighted by atomic mass is 10.2. The lowest BCUT2D eigenvalue weighted by Crippen LogP contribution is -2.40. The number of furan rings is 1. The van der Waals surface area contributed by atoms with Gasteiger partial charge in [-0.2, -0.15) is 0 Å².